The maximum Gasteiger partial charge on any atom is 0.237 e. The number of nitrogens with zero attached hydrogens (tertiary/aromatic N) is 1. The number of likely N-dealkylation sites (N-methyl/N-ethyl adjacent to an activating group) is 1. The highest BCUT2D eigenvalue weighted by Gasteiger charge is 2.20. The first-order chi connectivity index (χ1) is 8.02. The van der Waals surface area contributed by atoms with Crippen LogP contribution in [0.25, 0.3) is 0 Å². The molecule has 1 amide bonds. The van der Waals surface area contributed by atoms with Gasteiger partial charge in [-0.1, -0.05) is 26.7 Å². The number of carbonyl (C=O) groups is 1. The van der Waals surface area contributed by atoms with Gasteiger partial charge in [-0.3, -0.25) is 4.79 Å². The van der Waals surface area contributed by atoms with Crippen LogP contribution in [0.4, 0.5) is 0 Å². The maximum absolute atomic E-state index is 11.6. The van der Waals surface area contributed by atoms with Gasteiger partial charge in [0.15, 0.2) is 0 Å². The van der Waals surface area contributed by atoms with Crippen molar-refractivity contribution in [2.24, 2.45) is 11.7 Å². The fourth-order valence-electron chi connectivity index (χ4n) is 2.30. The third kappa shape index (κ3) is 7.35. The molecule has 0 radical (unpaired) electrons. The van der Waals surface area contributed by atoms with Crippen molar-refractivity contribution in [2.45, 2.75) is 51.6 Å². The smallest absolute Gasteiger partial charge is 0.237 e. The van der Waals surface area contributed by atoms with Gasteiger partial charge in [-0.25, -0.2) is 0 Å². The highest BCUT2D eigenvalue weighted by atomic mass is 35.5. The summed E-state index contributed by atoms with van der Waals surface area (Å²) < 4.78 is 0. The first kappa shape index (κ1) is 21.3. The molecule has 0 aromatic heterocycles. The van der Waals surface area contributed by atoms with Gasteiger partial charge in [-0.15, -0.1) is 24.8 Å². The molecule has 0 aliphatic heterocycles. The average Bonchev–Trinajstić information content (AvgIpc) is 2.80. The molecule has 0 saturated heterocycles. The Hall–Kier alpha value is -0.0300. The van der Waals surface area contributed by atoms with Crippen LogP contribution in [-0.2, 0) is 4.79 Å². The monoisotopic (exact) mass is 313 g/mol. The molecule has 0 spiro atoms. The van der Waals surface area contributed by atoms with E-state index in [0.29, 0.717) is 12.6 Å². The minimum Gasteiger partial charge on any atom is -0.353 e. The molecule has 0 bridgehead atoms. The van der Waals surface area contributed by atoms with Gasteiger partial charge in [-0.2, -0.15) is 0 Å². The van der Waals surface area contributed by atoms with E-state index in [0.717, 1.165) is 6.54 Å². The lowest BCUT2D eigenvalue weighted by Gasteiger charge is -2.24. The lowest BCUT2D eigenvalue weighted by Crippen LogP contribution is -2.46. The molecular formula is C13H29Cl2N3O. The summed E-state index contributed by atoms with van der Waals surface area (Å²) in [5.41, 5.74) is 5.77. The maximum atomic E-state index is 11.6. The van der Waals surface area contributed by atoms with Crippen LogP contribution in [0.3, 0.4) is 0 Å². The summed E-state index contributed by atoms with van der Waals surface area (Å²) in [5, 5.41) is 2.91. The Kier molecular flexibility index (Phi) is 12.0. The fraction of sp³-hybridized carbons (Fsp3) is 0.923. The van der Waals surface area contributed by atoms with E-state index in [1.54, 1.807) is 0 Å². The van der Waals surface area contributed by atoms with Crippen molar-refractivity contribution < 1.29 is 4.79 Å². The summed E-state index contributed by atoms with van der Waals surface area (Å²) in [7, 11) is 2.14. The Morgan fingerprint density at radius 2 is 1.84 bits per heavy atom. The average molecular weight is 314 g/mol. The van der Waals surface area contributed by atoms with Crippen molar-refractivity contribution in [1.82, 2.24) is 10.2 Å². The molecule has 19 heavy (non-hydrogen) atoms. The second kappa shape index (κ2) is 10.7. The molecule has 6 heteroatoms. The normalized spacial score (nSPS) is 16.9. The van der Waals surface area contributed by atoms with Crippen molar-refractivity contribution >= 4 is 30.7 Å². The van der Waals surface area contributed by atoms with E-state index >= 15 is 0 Å². The van der Waals surface area contributed by atoms with Crippen molar-refractivity contribution in [1.29, 1.82) is 0 Å². The second-order valence-electron chi connectivity index (χ2n) is 5.48. The highest BCUT2D eigenvalue weighted by Crippen LogP contribution is 2.21. The number of hydrogen-bond donors (Lipinski definition) is 2. The van der Waals surface area contributed by atoms with Crippen LogP contribution in [0.2, 0.25) is 0 Å². The Bertz CT molecular complexity index is 246. The van der Waals surface area contributed by atoms with E-state index in [2.05, 4.69) is 17.3 Å². The quantitative estimate of drug-likeness (QED) is 0.786. The molecule has 0 unspecified atom stereocenters. The summed E-state index contributed by atoms with van der Waals surface area (Å²) >= 11 is 0. The van der Waals surface area contributed by atoms with Crippen LogP contribution in [0.15, 0.2) is 0 Å². The standard InChI is InChI=1S/C13H27N3O.2ClH/c1-10(2)12(14)13(17)15-8-9-16(3)11-6-4-5-7-11;;/h10-12H,4-9,14H2,1-3H3,(H,15,17);2*1H/t12-;;/m1../s1. The largest absolute Gasteiger partial charge is 0.353 e. The molecular weight excluding hydrogens is 285 g/mol. The van der Waals surface area contributed by atoms with E-state index in [1.165, 1.54) is 25.7 Å². The van der Waals surface area contributed by atoms with Crippen LogP contribution in [0.1, 0.15) is 39.5 Å². The molecule has 4 nitrogen and oxygen atoms in total. The van der Waals surface area contributed by atoms with Gasteiger partial charge in [0, 0.05) is 19.1 Å². The minimum atomic E-state index is -0.383. The molecule has 0 heterocycles. The summed E-state index contributed by atoms with van der Waals surface area (Å²) in [6.07, 6.45) is 5.30. The number of amides is 1. The summed E-state index contributed by atoms with van der Waals surface area (Å²) in [5.74, 6) is 0.169. The van der Waals surface area contributed by atoms with Gasteiger partial charge in [0.25, 0.3) is 0 Å². The van der Waals surface area contributed by atoms with Gasteiger partial charge < -0.3 is 16.0 Å². The SMILES string of the molecule is CC(C)[C@@H](N)C(=O)NCCN(C)C1CCCC1.Cl.Cl. The number of rotatable bonds is 6. The highest BCUT2D eigenvalue weighted by molar-refractivity contribution is 5.85. The molecule has 1 fully saturated rings. The van der Waals surface area contributed by atoms with Crippen molar-refractivity contribution in [3.63, 3.8) is 0 Å². The zero-order valence-corrected chi connectivity index (χ0v) is 13.9. The lowest BCUT2D eigenvalue weighted by molar-refractivity contribution is -0.123. The predicted molar refractivity (Wildman–Crippen MR) is 85.2 cm³/mol. The number of hydrogen-bond acceptors (Lipinski definition) is 3. The molecule has 1 saturated carbocycles. The number of halogens is 2. The third-order valence-corrected chi connectivity index (χ3v) is 3.73. The van der Waals surface area contributed by atoms with Crippen molar-refractivity contribution in [2.75, 3.05) is 20.1 Å². The molecule has 1 aliphatic carbocycles. The van der Waals surface area contributed by atoms with Crippen LogP contribution >= 0.6 is 24.8 Å². The Labute approximate surface area is 129 Å². The van der Waals surface area contributed by atoms with Crippen LogP contribution in [-0.4, -0.2) is 43.0 Å². The van der Waals surface area contributed by atoms with Gasteiger partial charge in [0.2, 0.25) is 5.91 Å². The predicted octanol–water partition coefficient (Wildman–Crippen LogP) is 1.80. The molecule has 1 aliphatic rings. The molecule has 1 rings (SSSR count). The van der Waals surface area contributed by atoms with E-state index in [1.807, 2.05) is 13.8 Å². The van der Waals surface area contributed by atoms with E-state index in [9.17, 15) is 4.79 Å². The molecule has 0 aromatic carbocycles. The van der Waals surface area contributed by atoms with Gasteiger partial charge in [0.05, 0.1) is 6.04 Å². The molecule has 1 atom stereocenters. The Balaban J connectivity index is 0. The van der Waals surface area contributed by atoms with E-state index in [-0.39, 0.29) is 42.7 Å². The minimum absolute atomic E-state index is 0. The third-order valence-electron chi connectivity index (χ3n) is 3.73. The van der Waals surface area contributed by atoms with E-state index < -0.39 is 0 Å². The number of nitrogens with one attached hydrogen (secondary N) is 1. The van der Waals surface area contributed by atoms with Crippen LogP contribution in [0, 0.1) is 5.92 Å². The number of nitrogens with two attached hydrogens (primary N) is 1. The first-order valence-electron chi connectivity index (χ1n) is 6.76. The van der Waals surface area contributed by atoms with Crippen LogP contribution in [0.5, 0.6) is 0 Å². The van der Waals surface area contributed by atoms with Crippen molar-refractivity contribution in [3.8, 4) is 0 Å². The van der Waals surface area contributed by atoms with Crippen LogP contribution < -0.4 is 11.1 Å². The summed E-state index contributed by atoms with van der Waals surface area (Å²) in [6.45, 7) is 5.55. The topological polar surface area (TPSA) is 58.4 Å². The van der Waals surface area contributed by atoms with Gasteiger partial charge in [-0.05, 0) is 25.8 Å². The fourth-order valence-corrected chi connectivity index (χ4v) is 2.30. The molecule has 3 N–H and O–H groups in total. The Morgan fingerprint density at radius 1 is 1.32 bits per heavy atom. The van der Waals surface area contributed by atoms with Crippen molar-refractivity contribution in [3.05, 3.63) is 0 Å². The summed E-state index contributed by atoms with van der Waals surface area (Å²) in [4.78, 5) is 14.0. The number of carbonyl (C=O) groups excluding carboxylic acids is 1. The lowest BCUT2D eigenvalue weighted by atomic mass is 10.1. The zero-order chi connectivity index (χ0) is 12.8. The van der Waals surface area contributed by atoms with E-state index in [4.69, 9.17) is 5.73 Å². The van der Waals surface area contributed by atoms with Gasteiger partial charge >= 0.3 is 0 Å². The first-order valence-corrected chi connectivity index (χ1v) is 6.76. The summed E-state index contributed by atoms with van der Waals surface area (Å²) in [6, 6.07) is 0.331. The second-order valence-corrected chi connectivity index (χ2v) is 5.48. The molecule has 116 valence electrons. The Morgan fingerprint density at radius 3 is 2.32 bits per heavy atom. The zero-order valence-electron chi connectivity index (χ0n) is 12.2. The molecule has 0 aromatic rings. The van der Waals surface area contributed by atoms with Gasteiger partial charge in [0.1, 0.15) is 0 Å².